The highest BCUT2D eigenvalue weighted by Gasteiger charge is 2.11. The Morgan fingerprint density at radius 1 is 0.885 bits per heavy atom. The Bertz CT molecular complexity index is 652. The highest BCUT2D eigenvalue weighted by molar-refractivity contribution is 7.94. The van der Waals surface area contributed by atoms with E-state index in [2.05, 4.69) is 19.9 Å². The van der Waals surface area contributed by atoms with Gasteiger partial charge >= 0.3 is 0 Å². The van der Waals surface area contributed by atoms with Gasteiger partial charge in [-0.2, -0.15) is 0 Å². The molecule has 0 N–H and O–H groups in total. The van der Waals surface area contributed by atoms with E-state index in [0.717, 1.165) is 36.8 Å². The van der Waals surface area contributed by atoms with E-state index in [0.29, 0.717) is 4.90 Å². The van der Waals surface area contributed by atoms with Gasteiger partial charge in [0.15, 0.2) is 9.84 Å². The maximum Gasteiger partial charge on any atom is 0.200 e. The Labute approximate surface area is 161 Å². The first kappa shape index (κ1) is 22.7. The number of unbranched alkanes of at least 4 members (excludes halogenated alkanes) is 7. The molecule has 0 heterocycles. The van der Waals surface area contributed by atoms with Gasteiger partial charge in [-0.25, -0.2) is 8.42 Å². The first-order chi connectivity index (χ1) is 12.5. The van der Waals surface area contributed by atoms with Crippen LogP contribution in [0, 0.1) is 6.92 Å². The SMILES string of the molecule is CCCCCC/C=C/C(=C/S(=O)(=O)c1ccc(C)cc1)CCCCCC. The molecule has 1 aromatic rings. The predicted molar refractivity (Wildman–Crippen MR) is 113 cm³/mol. The summed E-state index contributed by atoms with van der Waals surface area (Å²) >= 11 is 0. The Morgan fingerprint density at radius 2 is 1.50 bits per heavy atom. The van der Waals surface area contributed by atoms with Crippen molar-refractivity contribution in [2.75, 3.05) is 0 Å². The number of rotatable bonds is 13. The average molecular weight is 377 g/mol. The summed E-state index contributed by atoms with van der Waals surface area (Å²) in [6.45, 7) is 6.37. The van der Waals surface area contributed by atoms with Crippen LogP contribution in [-0.4, -0.2) is 8.42 Å². The van der Waals surface area contributed by atoms with Crippen molar-refractivity contribution in [3.63, 3.8) is 0 Å². The molecular weight excluding hydrogens is 340 g/mol. The van der Waals surface area contributed by atoms with Crippen LogP contribution < -0.4 is 0 Å². The minimum atomic E-state index is -3.38. The molecule has 0 aliphatic heterocycles. The van der Waals surface area contributed by atoms with Crippen LogP contribution >= 0.6 is 0 Å². The first-order valence-electron chi connectivity index (χ1n) is 10.2. The number of hydrogen-bond donors (Lipinski definition) is 0. The van der Waals surface area contributed by atoms with E-state index in [9.17, 15) is 8.42 Å². The van der Waals surface area contributed by atoms with Gasteiger partial charge in [0, 0.05) is 5.41 Å². The second kappa shape index (κ2) is 12.9. The van der Waals surface area contributed by atoms with Gasteiger partial charge in [0.05, 0.1) is 4.90 Å². The predicted octanol–water partition coefficient (Wildman–Crippen LogP) is 7.15. The molecule has 0 aliphatic rings. The summed E-state index contributed by atoms with van der Waals surface area (Å²) in [6.07, 6.45) is 15.6. The molecule has 0 amide bonds. The Kier molecular flexibility index (Phi) is 11.3. The van der Waals surface area contributed by atoms with Gasteiger partial charge in [-0.3, -0.25) is 0 Å². The monoisotopic (exact) mass is 376 g/mol. The molecule has 146 valence electrons. The third-order valence-electron chi connectivity index (χ3n) is 4.53. The second-order valence-corrected chi connectivity index (χ2v) is 8.91. The molecule has 0 fully saturated rings. The number of aryl methyl sites for hydroxylation is 1. The van der Waals surface area contributed by atoms with E-state index in [1.54, 1.807) is 12.1 Å². The van der Waals surface area contributed by atoms with Gasteiger partial charge in [0.2, 0.25) is 0 Å². The maximum atomic E-state index is 12.7. The molecule has 1 aromatic carbocycles. The summed E-state index contributed by atoms with van der Waals surface area (Å²) in [5.74, 6) is 0. The van der Waals surface area contributed by atoms with Crippen molar-refractivity contribution in [3.05, 3.63) is 53.0 Å². The standard InChI is InChI=1S/C23H36O2S/c1-4-6-8-10-11-13-15-22(14-12-9-7-5-2)20-26(24,25)23-18-16-21(3)17-19-23/h13,15-20H,4-12,14H2,1-3H3/b15-13+,22-20+. The lowest BCUT2D eigenvalue weighted by Crippen LogP contribution is -1.98. The van der Waals surface area contributed by atoms with Gasteiger partial charge in [0.25, 0.3) is 0 Å². The molecular formula is C23H36O2S. The topological polar surface area (TPSA) is 34.1 Å². The molecule has 0 unspecified atom stereocenters. The highest BCUT2D eigenvalue weighted by atomic mass is 32.2. The van der Waals surface area contributed by atoms with E-state index < -0.39 is 9.84 Å². The third-order valence-corrected chi connectivity index (χ3v) is 6.07. The van der Waals surface area contributed by atoms with Crippen molar-refractivity contribution in [3.8, 4) is 0 Å². The minimum Gasteiger partial charge on any atom is -0.219 e. The van der Waals surface area contributed by atoms with Crippen LogP contribution in [0.25, 0.3) is 0 Å². The number of benzene rings is 1. The Balaban J connectivity index is 2.81. The number of hydrogen-bond acceptors (Lipinski definition) is 2. The van der Waals surface area contributed by atoms with Gasteiger partial charge in [-0.1, -0.05) is 82.2 Å². The lowest BCUT2D eigenvalue weighted by molar-refractivity contribution is 0.604. The van der Waals surface area contributed by atoms with Crippen molar-refractivity contribution in [1.29, 1.82) is 0 Å². The smallest absolute Gasteiger partial charge is 0.200 e. The highest BCUT2D eigenvalue weighted by Crippen LogP contribution is 2.19. The molecule has 0 atom stereocenters. The summed E-state index contributed by atoms with van der Waals surface area (Å²) in [6, 6.07) is 7.10. The van der Waals surface area contributed by atoms with Crippen LogP contribution in [0.15, 0.2) is 52.3 Å². The third kappa shape index (κ3) is 9.38. The summed E-state index contributed by atoms with van der Waals surface area (Å²) in [7, 11) is -3.38. The number of sulfone groups is 1. The fourth-order valence-electron chi connectivity index (χ4n) is 2.86. The van der Waals surface area contributed by atoms with E-state index >= 15 is 0 Å². The summed E-state index contributed by atoms with van der Waals surface area (Å²) in [5, 5.41) is 1.48. The molecule has 2 nitrogen and oxygen atoms in total. The van der Waals surface area contributed by atoms with Gasteiger partial charge in [0.1, 0.15) is 0 Å². The van der Waals surface area contributed by atoms with Crippen molar-refractivity contribution in [2.24, 2.45) is 0 Å². The fourth-order valence-corrected chi connectivity index (χ4v) is 4.10. The van der Waals surface area contributed by atoms with Crippen LogP contribution in [-0.2, 0) is 9.84 Å². The van der Waals surface area contributed by atoms with E-state index in [4.69, 9.17) is 0 Å². The van der Waals surface area contributed by atoms with Crippen molar-refractivity contribution >= 4 is 9.84 Å². The molecule has 0 spiro atoms. The van der Waals surface area contributed by atoms with Crippen molar-refractivity contribution < 1.29 is 8.42 Å². The lowest BCUT2D eigenvalue weighted by Gasteiger charge is -2.05. The van der Waals surface area contributed by atoms with Crippen LogP contribution in [0.3, 0.4) is 0 Å². The zero-order valence-electron chi connectivity index (χ0n) is 16.8. The quantitative estimate of drug-likeness (QED) is 0.270. The minimum absolute atomic E-state index is 0.380. The van der Waals surface area contributed by atoms with E-state index in [1.165, 1.54) is 43.9 Å². The average Bonchev–Trinajstić information content (AvgIpc) is 2.61. The second-order valence-electron chi connectivity index (χ2n) is 7.11. The van der Waals surface area contributed by atoms with E-state index in [1.807, 2.05) is 25.1 Å². The van der Waals surface area contributed by atoms with Crippen molar-refractivity contribution in [1.82, 2.24) is 0 Å². The van der Waals surface area contributed by atoms with Crippen LogP contribution in [0.5, 0.6) is 0 Å². The summed E-state index contributed by atoms with van der Waals surface area (Å²) in [5.41, 5.74) is 2.00. The summed E-state index contributed by atoms with van der Waals surface area (Å²) < 4.78 is 25.4. The fraction of sp³-hybridized carbons (Fsp3) is 0.565. The van der Waals surface area contributed by atoms with Crippen LogP contribution in [0.4, 0.5) is 0 Å². The van der Waals surface area contributed by atoms with Crippen LogP contribution in [0.1, 0.15) is 83.6 Å². The van der Waals surface area contributed by atoms with Gasteiger partial charge in [-0.15, -0.1) is 0 Å². The molecule has 0 aromatic heterocycles. The molecule has 0 radical (unpaired) electrons. The molecule has 0 bridgehead atoms. The Hall–Kier alpha value is -1.35. The van der Waals surface area contributed by atoms with Gasteiger partial charge < -0.3 is 0 Å². The maximum absolute atomic E-state index is 12.7. The van der Waals surface area contributed by atoms with Gasteiger partial charge in [-0.05, 0) is 50.3 Å². The first-order valence-corrected chi connectivity index (χ1v) is 11.7. The molecule has 0 saturated heterocycles. The molecule has 3 heteroatoms. The molecule has 1 rings (SSSR count). The molecule has 0 aliphatic carbocycles. The molecule has 0 saturated carbocycles. The Morgan fingerprint density at radius 3 is 2.12 bits per heavy atom. The number of allylic oxidation sites excluding steroid dienone is 3. The molecule has 26 heavy (non-hydrogen) atoms. The van der Waals surface area contributed by atoms with Crippen LogP contribution in [0.2, 0.25) is 0 Å². The summed E-state index contributed by atoms with van der Waals surface area (Å²) in [4.78, 5) is 0.380. The zero-order chi connectivity index (χ0) is 19.3. The normalized spacial score (nSPS) is 12.8. The lowest BCUT2D eigenvalue weighted by atomic mass is 10.1. The van der Waals surface area contributed by atoms with E-state index in [-0.39, 0.29) is 0 Å². The zero-order valence-corrected chi connectivity index (χ0v) is 17.7. The largest absolute Gasteiger partial charge is 0.219 e. The van der Waals surface area contributed by atoms with Crippen molar-refractivity contribution in [2.45, 2.75) is 89.9 Å².